The normalized spacial score (nSPS) is 11.7. The van der Waals surface area contributed by atoms with E-state index in [1.54, 1.807) is 30.3 Å². The smallest absolute Gasteiger partial charge is 0.471 e. The number of para-hydroxylation sites is 1. The summed E-state index contributed by atoms with van der Waals surface area (Å²) in [5.74, 6) is -1.46. The number of benzene rings is 3. The number of aromatic amines is 2. The second-order valence-electron chi connectivity index (χ2n) is 6.97. The number of nitrogens with zero attached hydrogens (tertiary/aromatic N) is 1. The number of H-pyrrole nitrogens is 2. The predicted molar refractivity (Wildman–Crippen MR) is 114 cm³/mol. The summed E-state index contributed by atoms with van der Waals surface area (Å²) in [6.45, 7) is -0.527. The molecule has 0 fully saturated rings. The van der Waals surface area contributed by atoms with Crippen LogP contribution in [0.25, 0.3) is 21.8 Å². The number of fused-ring (bicyclic) bond motifs is 2. The molecule has 0 aliphatic heterocycles. The molecule has 2 N–H and O–H groups in total. The SMILES string of the molecule is O=C(N(CCOc1cccc2[nH]c(=S)[nH]c12)Cc1cccc2ccccc12)C(F)(F)F. The monoisotopic (exact) mass is 445 g/mol. The number of aromatic nitrogens is 2. The van der Waals surface area contributed by atoms with Crippen molar-refractivity contribution in [1.29, 1.82) is 0 Å². The van der Waals surface area contributed by atoms with E-state index >= 15 is 0 Å². The predicted octanol–water partition coefficient (Wildman–Crippen LogP) is 5.35. The molecular formula is C22H18F3N3O2S. The minimum atomic E-state index is -4.98. The van der Waals surface area contributed by atoms with Gasteiger partial charge in [0.15, 0.2) is 4.77 Å². The molecule has 0 aliphatic carbocycles. The van der Waals surface area contributed by atoms with Crippen LogP contribution in [0, 0.1) is 4.77 Å². The number of hydrogen-bond acceptors (Lipinski definition) is 3. The van der Waals surface area contributed by atoms with E-state index in [0.717, 1.165) is 21.2 Å². The van der Waals surface area contributed by atoms with E-state index in [2.05, 4.69) is 9.97 Å². The van der Waals surface area contributed by atoms with Crippen molar-refractivity contribution in [3.63, 3.8) is 0 Å². The van der Waals surface area contributed by atoms with E-state index in [1.165, 1.54) is 0 Å². The molecule has 0 radical (unpaired) electrons. The number of hydrogen-bond donors (Lipinski definition) is 2. The molecule has 1 heterocycles. The van der Waals surface area contributed by atoms with Gasteiger partial charge in [-0.05, 0) is 40.7 Å². The Morgan fingerprint density at radius 3 is 2.55 bits per heavy atom. The molecule has 5 nitrogen and oxygen atoms in total. The van der Waals surface area contributed by atoms with Gasteiger partial charge in [-0.3, -0.25) is 4.79 Å². The third-order valence-electron chi connectivity index (χ3n) is 4.90. The standard InChI is InChI=1S/C22H18F3N3O2S/c23-22(24,25)20(29)28(13-15-7-3-6-14-5-1-2-8-16(14)15)11-12-30-18-10-4-9-17-19(18)27-21(31)26-17/h1-10H,11-13H2,(H2,26,27,31). The first kappa shape index (κ1) is 20.9. The lowest BCUT2D eigenvalue weighted by Gasteiger charge is -2.24. The van der Waals surface area contributed by atoms with Crippen molar-refractivity contribution in [1.82, 2.24) is 14.9 Å². The van der Waals surface area contributed by atoms with Gasteiger partial charge in [-0.1, -0.05) is 48.5 Å². The molecule has 0 unspecified atom stereocenters. The lowest BCUT2D eigenvalue weighted by atomic mass is 10.0. The average molecular weight is 445 g/mol. The summed E-state index contributed by atoms with van der Waals surface area (Å²) in [4.78, 5) is 18.7. The number of rotatable bonds is 6. The summed E-state index contributed by atoms with van der Waals surface area (Å²) in [5.41, 5.74) is 1.98. The lowest BCUT2D eigenvalue weighted by Crippen LogP contribution is -2.42. The Labute approximate surface area is 180 Å². The Hall–Kier alpha value is -3.33. The van der Waals surface area contributed by atoms with E-state index in [9.17, 15) is 18.0 Å². The van der Waals surface area contributed by atoms with Crippen molar-refractivity contribution in [3.8, 4) is 5.75 Å². The number of imidazole rings is 1. The number of amides is 1. The molecule has 0 atom stereocenters. The number of ether oxygens (including phenoxy) is 1. The Bertz CT molecular complexity index is 1290. The molecule has 0 aliphatic rings. The third-order valence-corrected chi connectivity index (χ3v) is 5.11. The van der Waals surface area contributed by atoms with Crippen LogP contribution in [0.15, 0.2) is 60.7 Å². The van der Waals surface area contributed by atoms with E-state index in [4.69, 9.17) is 17.0 Å². The molecular weight excluding hydrogens is 427 g/mol. The maximum Gasteiger partial charge on any atom is 0.471 e. The van der Waals surface area contributed by atoms with Crippen LogP contribution in [-0.2, 0) is 11.3 Å². The molecule has 1 amide bonds. The first-order chi connectivity index (χ1) is 14.8. The molecule has 0 saturated carbocycles. The fourth-order valence-corrected chi connectivity index (χ4v) is 3.70. The molecule has 0 saturated heterocycles. The van der Waals surface area contributed by atoms with Crippen LogP contribution < -0.4 is 4.74 Å². The molecule has 9 heteroatoms. The summed E-state index contributed by atoms with van der Waals surface area (Å²) >= 11 is 5.07. The van der Waals surface area contributed by atoms with E-state index in [1.807, 2.05) is 30.3 Å². The van der Waals surface area contributed by atoms with Gasteiger partial charge in [-0.2, -0.15) is 13.2 Å². The summed E-state index contributed by atoms with van der Waals surface area (Å²) in [6, 6.07) is 17.9. The number of alkyl halides is 3. The van der Waals surface area contributed by atoms with Gasteiger partial charge in [0.05, 0.1) is 12.1 Å². The van der Waals surface area contributed by atoms with E-state index in [-0.39, 0.29) is 19.7 Å². The number of carbonyl (C=O) groups is 1. The molecule has 4 rings (SSSR count). The third kappa shape index (κ3) is 4.56. The Kier molecular flexibility index (Phi) is 5.69. The van der Waals surface area contributed by atoms with Crippen LogP contribution in [0.1, 0.15) is 5.56 Å². The molecule has 0 spiro atoms. The van der Waals surface area contributed by atoms with Crippen LogP contribution in [0.5, 0.6) is 5.75 Å². The number of halogens is 3. The first-order valence-corrected chi connectivity index (χ1v) is 9.90. The molecule has 0 bridgehead atoms. The minimum Gasteiger partial charge on any atom is -0.489 e. The van der Waals surface area contributed by atoms with Gasteiger partial charge in [-0.25, -0.2) is 0 Å². The van der Waals surface area contributed by atoms with Crippen molar-refractivity contribution < 1.29 is 22.7 Å². The summed E-state index contributed by atoms with van der Waals surface area (Å²) in [6.07, 6.45) is -4.98. The zero-order chi connectivity index (χ0) is 22.0. The minimum absolute atomic E-state index is 0.114. The van der Waals surface area contributed by atoms with Crippen LogP contribution >= 0.6 is 12.2 Å². The maximum absolute atomic E-state index is 13.2. The lowest BCUT2D eigenvalue weighted by molar-refractivity contribution is -0.186. The molecule has 4 aromatic rings. The van der Waals surface area contributed by atoms with Crippen LogP contribution in [-0.4, -0.2) is 40.1 Å². The highest BCUT2D eigenvalue weighted by Crippen LogP contribution is 2.25. The highest BCUT2D eigenvalue weighted by atomic mass is 32.1. The van der Waals surface area contributed by atoms with Crippen LogP contribution in [0.2, 0.25) is 0 Å². The quantitative estimate of drug-likeness (QED) is 0.394. The van der Waals surface area contributed by atoms with Crippen LogP contribution in [0.4, 0.5) is 13.2 Å². The molecule has 1 aromatic heterocycles. The van der Waals surface area contributed by atoms with Crippen molar-refractivity contribution >= 4 is 39.9 Å². The summed E-state index contributed by atoms with van der Waals surface area (Å²) in [5, 5.41) is 1.70. The van der Waals surface area contributed by atoms with Crippen molar-refractivity contribution in [2.45, 2.75) is 12.7 Å². The fraction of sp³-hybridized carbons (Fsp3) is 0.182. The number of carbonyl (C=O) groups excluding carboxylic acids is 1. The van der Waals surface area contributed by atoms with E-state index < -0.39 is 12.1 Å². The topological polar surface area (TPSA) is 61.1 Å². The van der Waals surface area contributed by atoms with Gasteiger partial charge in [0.1, 0.15) is 17.9 Å². The van der Waals surface area contributed by atoms with Crippen LogP contribution in [0.3, 0.4) is 0 Å². The van der Waals surface area contributed by atoms with Gasteiger partial charge in [0.2, 0.25) is 0 Å². The summed E-state index contributed by atoms with van der Waals surface area (Å²) in [7, 11) is 0. The van der Waals surface area contributed by atoms with Crippen molar-refractivity contribution in [2.24, 2.45) is 0 Å². The molecule has 3 aromatic carbocycles. The average Bonchev–Trinajstić information content (AvgIpc) is 3.13. The van der Waals surface area contributed by atoms with Gasteiger partial charge in [-0.15, -0.1) is 0 Å². The molecule has 160 valence electrons. The fourth-order valence-electron chi connectivity index (χ4n) is 3.49. The Morgan fingerprint density at radius 1 is 1.00 bits per heavy atom. The second-order valence-corrected chi connectivity index (χ2v) is 7.38. The zero-order valence-electron chi connectivity index (χ0n) is 16.2. The number of nitrogens with one attached hydrogen (secondary N) is 2. The van der Waals surface area contributed by atoms with Gasteiger partial charge in [0.25, 0.3) is 0 Å². The highest BCUT2D eigenvalue weighted by molar-refractivity contribution is 7.71. The highest BCUT2D eigenvalue weighted by Gasteiger charge is 2.42. The van der Waals surface area contributed by atoms with Crippen molar-refractivity contribution in [3.05, 3.63) is 71.0 Å². The van der Waals surface area contributed by atoms with Gasteiger partial charge < -0.3 is 19.6 Å². The molecule has 31 heavy (non-hydrogen) atoms. The first-order valence-electron chi connectivity index (χ1n) is 9.49. The van der Waals surface area contributed by atoms with Gasteiger partial charge in [0, 0.05) is 6.54 Å². The van der Waals surface area contributed by atoms with Crippen molar-refractivity contribution in [2.75, 3.05) is 13.2 Å². The Morgan fingerprint density at radius 2 is 1.74 bits per heavy atom. The largest absolute Gasteiger partial charge is 0.489 e. The van der Waals surface area contributed by atoms with Gasteiger partial charge >= 0.3 is 12.1 Å². The maximum atomic E-state index is 13.2. The second kappa shape index (κ2) is 8.43. The summed E-state index contributed by atoms with van der Waals surface area (Å²) < 4.78 is 45.8. The Balaban J connectivity index is 1.55. The zero-order valence-corrected chi connectivity index (χ0v) is 17.0. The van der Waals surface area contributed by atoms with E-state index in [0.29, 0.717) is 21.6 Å².